The van der Waals surface area contributed by atoms with Crippen LogP contribution in [-0.4, -0.2) is 9.13 Å². The normalized spacial score (nSPS) is 13.0. The molecule has 0 saturated heterocycles. The molecule has 3 aromatic carbocycles. The van der Waals surface area contributed by atoms with Crippen LogP contribution in [0.1, 0.15) is 16.7 Å². The van der Waals surface area contributed by atoms with Gasteiger partial charge in [0.2, 0.25) is 0 Å². The highest BCUT2D eigenvalue weighted by molar-refractivity contribution is 6.03. The van der Waals surface area contributed by atoms with E-state index in [0.717, 1.165) is 0 Å². The van der Waals surface area contributed by atoms with Gasteiger partial charge in [0.05, 0.1) is 49.6 Å². The van der Waals surface area contributed by atoms with E-state index in [1.54, 1.807) is 0 Å². The Labute approximate surface area is 213 Å². The van der Waals surface area contributed by atoms with Gasteiger partial charge in [0, 0.05) is 0 Å². The second-order valence-corrected chi connectivity index (χ2v) is 8.58. The molecule has 0 unspecified atom stereocenters. The highest BCUT2D eigenvalue weighted by Gasteiger charge is 2.40. The molecule has 2 aromatic heterocycles. The molecule has 0 bridgehead atoms. The molecule has 6 nitrogen and oxygen atoms in total. The van der Waals surface area contributed by atoms with Gasteiger partial charge in [-0.05, 0) is 54.6 Å². The Bertz CT molecular complexity index is 1880. The zero-order valence-corrected chi connectivity index (χ0v) is 19.1. The molecule has 0 radical (unpaired) electrons. The van der Waals surface area contributed by atoms with Gasteiger partial charge in [0.15, 0.2) is 0 Å². The van der Waals surface area contributed by atoms with E-state index < -0.39 is 90.4 Å². The highest BCUT2D eigenvalue weighted by atomic mass is 19.4. The molecule has 0 fully saturated rings. The molecule has 5 aromatic rings. The Balaban J connectivity index is 1.84. The van der Waals surface area contributed by atoms with E-state index in [2.05, 4.69) is 0 Å². The van der Waals surface area contributed by atoms with E-state index in [9.17, 15) is 58.7 Å². The van der Waals surface area contributed by atoms with Gasteiger partial charge in [-0.1, -0.05) is 0 Å². The average Bonchev–Trinajstić information content (AvgIpc) is 3.25. The zero-order chi connectivity index (χ0) is 29.5. The van der Waals surface area contributed by atoms with Crippen LogP contribution in [0.3, 0.4) is 0 Å². The number of nitrogens with zero attached hydrogens (tertiary/aromatic N) is 2. The Morgan fingerprint density at radius 1 is 0.450 bits per heavy atom. The predicted octanol–water partition coefficient (Wildman–Crippen LogP) is 4.95. The van der Waals surface area contributed by atoms with Crippen LogP contribution in [0.4, 0.5) is 39.5 Å². The quantitative estimate of drug-likeness (QED) is 0.281. The summed E-state index contributed by atoms with van der Waals surface area (Å²) < 4.78 is 121. The standard InChI is InChI=1S/C25H9F9N2O4/c26-23(27,28)10-1-5-12(6-2-10)35-19(37)14-9-15-17(18(25(32,33)34)16(14)21(35)39)22(40)36(20(15)38)13-7-3-11(4-8-13)24(29,30)31/h1-9H. The molecule has 40 heavy (non-hydrogen) atoms. The van der Waals surface area contributed by atoms with E-state index in [4.69, 9.17) is 0 Å². The van der Waals surface area contributed by atoms with E-state index in [1.807, 2.05) is 0 Å². The molecular formula is C25H9F9N2O4. The lowest BCUT2D eigenvalue weighted by Crippen LogP contribution is -2.25. The van der Waals surface area contributed by atoms with Crippen LogP contribution < -0.4 is 22.2 Å². The summed E-state index contributed by atoms with van der Waals surface area (Å²) in [7, 11) is 0. The number of alkyl halides is 9. The van der Waals surface area contributed by atoms with Crippen molar-refractivity contribution in [1.82, 2.24) is 9.13 Å². The van der Waals surface area contributed by atoms with Gasteiger partial charge in [0.25, 0.3) is 22.2 Å². The topological polar surface area (TPSA) is 78.1 Å². The number of aromatic nitrogens is 2. The fraction of sp³-hybridized carbons (Fsp3) is 0.120. The largest absolute Gasteiger partial charge is 0.418 e. The van der Waals surface area contributed by atoms with Crippen LogP contribution in [0.2, 0.25) is 0 Å². The van der Waals surface area contributed by atoms with Crippen molar-refractivity contribution in [2.24, 2.45) is 0 Å². The summed E-state index contributed by atoms with van der Waals surface area (Å²) in [6, 6.07) is 5.33. The molecule has 2 heterocycles. The monoisotopic (exact) mass is 572 g/mol. The molecule has 0 amide bonds. The zero-order valence-electron chi connectivity index (χ0n) is 19.1. The van der Waals surface area contributed by atoms with Gasteiger partial charge in [-0.3, -0.25) is 19.2 Å². The maximum absolute atomic E-state index is 14.3. The third kappa shape index (κ3) is 3.99. The van der Waals surface area contributed by atoms with Crippen LogP contribution in [0.5, 0.6) is 0 Å². The van der Waals surface area contributed by atoms with Crippen molar-refractivity contribution >= 4 is 21.5 Å². The molecule has 206 valence electrons. The first kappa shape index (κ1) is 26.9. The van der Waals surface area contributed by atoms with Crippen molar-refractivity contribution in [3.8, 4) is 11.4 Å². The van der Waals surface area contributed by atoms with Gasteiger partial charge in [-0.25, -0.2) is 9.13 Å². The number of hydrogen-bond donors (Lipinski definition) is 0. The smallest absolute Gasteiger partial charge is 0.268 e. The lowest BCUT2D eigenvalue weighted by molar-refractivity contribution is -0.138. The Morgan fingerprint density at radius 2 is 0.775 bits per heavy atom. The van der Waals surface area contributed by atoms with Crippen molar-refractivity contribution in [2.45, 2.75) is 18.5 Å². The maximum atomic E-state index is 14.3. The highest BCUT2D eigenvalue weighted by Crippen LogP contribution is 2.38. The van der Waals surface area contributed by atoms with Crippen molar-refractivity contribution in [3.05, 3.63) is 113 Å². The first-order valence-corrected chi connectivity index (χ1v) is 10.8. The van der Waals surface area contributed by atoms with E-state index >= 15 is 0 Å². The third-order valence-electron chi connectivity index (χ3n) is 6.22. The van der Waals surface area contributed by atoms with E-state index in [1.165, 1.54) is 0 Å². The number of rotatable bonds is 2. The molecule has 0 N–H and O–H groups in total. The van der Waals surface area contributed by atoms with Gasteiger partial charge >= 0.3 is 18.5 Å². The summed E-state index contributed by atoms with van der Waals surface area (Å²) in [5, 5.41) is -4.48. The van der Waals surface area contributed by atoms with Crippen molar-refractivity contribution < 1.29 is 39.5 Å². The summed E-state index contributed by atoms with van der Waals surface area (Å²) in [4.78, 5) is 52.3. The molecular weight excluding hydrogens is 563 g/mol. The summed E-state index contributed by atoms with van der Waals surface area (Å²) in [5.41, 5.74) is -11.3. The molecule has 5 rings (SSSR count). The Kier molecular flexibility index (Phi) is 5.65. The molecule has 0 spiro atoms. The van der Waals surface area contributed by atoms with Crippen LogP contribution in [0, 0.1) is 0 Å². The van der Waals surface area contributed by atoms with Gasteiger partial charge in [-0.2, -0.15) is 39.5 Å². The first-order chi connectivity index (χ1) is 18.4. The summed E-state index contributed by atoms with van der Waals surface area (Å²) in [5.74, 6) is 0. The second-order valence-electron chi connectivity index (χ2n) is 8.58. The van der Waals surface area contributed by atoms with Gasteiger partial charge in [-0.15, -0.1) is 0 Å². The maximum Gasteiger partial charge on any atom is 0.418 e. The second kappa shape index (κ2) is 8.40. The summed E-state index contributed by atoms with van der Waals surface area (Å²) >= 11 is 0. The van der Waals surface area contributed by atoms with Crippen molar-refractivity contribution in [1.29, 1.82) is 0 Å². The van der Waals surface area contributed by atoms with Crippen LogP contribution in [-0.2, 0) is 18.5 Å². The SMILES string of the molecule is O=c1c2cc3c(=O)n(-c4ccc(C(F)(F)F)cc4)c(=O)c3c(C(F)(F)F)c2c(=O)n1-c1ccc(C(F)(F)F)cc1. The van der Waals surface area contributed by atoms with Crippen LogP contribution in [0.15, 0.2) is 73.8 Å². The lowest BCUT2D eigenvalue weighted by atomic mass is 10.0. The number of fused-ring (bicyclic) bond motifs is 2. The average molecular weight is 572 g/mol. The molecule has 0 aliphatic rings. The molecule has 0 aliphatic heterocycles. The minimum atomic E-state index is -5.49. The van der Waals surface area contributed by atoms with E-state index in [0.29, 0.717) is 54.6 Å². The van der Waals surface area contributed by atoms with Crippen molar-refractivity contribution in [3.63, 3.8) is 0 Å². The lowest BCUT2D eigenvalue weighted by Gasteiger charge is -2.09. The first-order valence-electron chi connectivity index (χ1n) is 10.8. The minimum absolute atomic E-state index is 0.178. The van der Waals surface area contributed by atoms with Gasteiger partial charge < -0.3 is 0 Å². The summed E-state index contributed by atoms with van der Waals surface area (Å²) in [6.45, 7) is 0. The molecule has 0 saturated carbocycles. The minimum Gasteiger partial charge on any atom is -0.268 e. The molecule has 0 atom stereocenters. The fourth-order valence-electron chi connectivity index (χ4n) is 4.47. The van der Waals surface area contributed by atoms with Gasteiger partial charge in [0.1, 0.15) is 0 Å². The summed E-state index contributed by atoms with van der Waals surface area (Å²) in [6.07, 6.45) is -15.1. The number of halogens is 9. The van der Waals surface area contributed by atoms with Crippen molar-refractivity contribution in [2.75, 3.05) is 0 Å². The Morgan fingerprint density at radius 3 is 1.05 bits per heavy atom. The third-order valence-corrected chi connectivity index (χ3v) is 6.22. The number of benzene rings is 3. The Hall–Kier alpha value is -4.69. The van der Waals surface area contributed by atoms with E-state index in [-0.39, 0.29) is 9.13 Å². The number of hydrogen-bond acceptors (Lipinski definition) is 4. The fourth-order valence-corrected chi connectivity index (χ4v) is 4.47. The van der Waals surface area contributed by atoms with Crippen LogP contribution in [0.25, 0.3) is 32.9 Å². The molecule has 15 heteroatoms. The van der Waals surface area contributed by atoms with Crippen LogP contribution >= 0.6 is 0 Å². The predicted molar refractivity (Wildman–Crippen MR) is 123 cm³/mol. The molecule has 0 aliphatic carbocycles.